The van der Waals surface area contributed by atoms with Crippen molar-refractivity contribution >= 4 is 17.1 Å². The third-order valence-electron chi connectivity index (χ3n) is 7.02. The van der Waals surface area contributed by atoms with E-state index in [4.69, 9.17) is 18.9 Å². The van der Waals surface area contributed by atoms with Crippen molar-refractivity contribution in [1.82, 2.24) is 19.4 Å². The lowest BCUT2D eigenvalue weighted by molar-refractivity contribution is 0.0406. The van der Waals surface area contributed by atoms with E-state index in [1.165, 1.54) is 17.4 Å². The van der Waals surface area contributed by atoms with Crippen LogP contribution in [-0.4, -0.2) is 64.8 Å². The molecule has 4 heterocycles. The number of carbonyl (C=O) groups is 1. The summed E-state index contributed by atoms with van der Waals surface area (Å²) in [4.78, 5) is 33.1. The van der Waals surface area contributed by atoms with Gasteiger partial charge in [-0.3, -0.25) is 9.69 Å². The van der Waals surface area contributed by atoms with Crippen LogP contribution in [0.1, 0.15) is 12.8 Å². The number of rotatable bonds is 7. The highest BCUT2D eigenvalue weighted by Crippen LogP contribution is 2.30. The van der Waals surface area contributed by atoms with Gasteiger partial charge in [-0.05, 0) is 30.5 Å². The summed E-state index contributed by atoms with van der Waals surface area (Å²) in [6.45, 7) is 3.22. The quantitative estimate of drug-likeness (QED) is 0.568. The second-order valence-electron chi connectivity index (χ2n) is 9.60. The normalized spacial score (nSPS) is 22.0. The maximum atomic E-state index is 12.6. The summed E-state index contributed by atoms with van der Waals surface area (Å²) in [6, 6.07) is 5.54. The van der Waals surface area contributed by atoms with Crippen LogP contribution in [0.15, 0.2) is 77.2 Å². The molecule has 1 atom stereocenters. The number of cyclic esters (lactones) is 1. The van der Waals surface area contributed by atoms with Crippen molar-refractivity contribution in [3.8, 4) is 5.75 Å². The number of likely N-dealkylation sites (tertiary alicyclic amines) is 1. The molecule has 3 aliphatic heterocycles. The molecule has 6 rings (SSSR count). The molecule has 1 aromatic carbocycles. The first kappa shape index (κ1) is 23.4. The summed E-state index contributed by atoms with van der Waals surface area (Å²) in [5.41, 5.74) is 2.42. The van der Waals surface area contributed by atoms with Gasteiger partial charge in [-0.1, -0.05) is 18.2 Å². The van der Waals surface area contributed by atoms with E-state index in [0.717, 1.165) is 42.5 Å². The van der Waals surface area contributed by atoms with Gasteiger partial charge in [-0.2, -0.15) is 0 Å². The van der Waals surface area contributed by atoms with E-state index in [1.807, 2.05) is 30.4 Å². The molecule has 10 nitrogen and oxygen atoms in total. The Balaban J connectivity index is 1.04. The van der Waals surface area contributed by atoms with E-state index in [0.29, 0.717) is 42.9 Å². The number of nitrogens with zero attached hydrogens (tertiary/aromatic N) is 4. The van der Waals surface area contributed by atoms with E-state index in [-0.39, 0.29) is 11.7 Å². The van der Waals surface area contributed by atoms with Gasteiger partial charge in [0.05, 0.1) is 30.9 Å². The van der Waals surface area contributed by atoms with Crippen LogP contribution in [0.3, 0.4) is 0 Å². The van der Waals surface area contributed by atoms with E-state index >= 15 is 0 Å². The first-order valence-electron chi connectivity index (χ1n) is 12.4. The zero-order valence-corrected chi connectivity index (χ0v) is 20.5. The van der Waals surface area contributed by atoms with Gasteiger partial charge in [0, 0.05) is 38.2 Å². The second-order valence-corrected chi connectivity index (χ2v) is 9.60. The maximum Gasteiger partial charge on any atom is 0.417 e. The topological polar surface area (TPSA) is 95.4 Å². The number of amides is 1. The largest absolute Gasteiger partial charge is 0.497 e. The predicted octanol–water partition coefficient (Wildman–Crippen LogP) is 3.12. The minimum Gasteiger partial charge on any atom is -0.497 e. The Morgan fingerprint density at radius 1 is 1.14 bits per heavy atom. The number of benzene rings is 1. The molecule has 4 aliphatic rings. The van der Waals surface area contributed by atoms with Crippen molar-refractivity contribution in [2.45, 2.75) is 25.5 Å². The summed E-state index contributed by atoms with van der Waals surface area (Å²) in [5.74, 6) is 1.95. The highest BCUT2D eigenvalue weighted by Gasteiger charge is 2.39. The molecule has 0 radical (unpaired) electrons. The monoisotopic (exact) mass is 504 g/mol. The lowest BCUT2D eigenvalue weighted by Gasteiger charge is -2.40. The molecule has 1 amide bonds. The van der Waals surface area contributed by atoms with Gasteiger partial charge in [0.1, 0.15) is 18.1 Å². The Hall–Kier alpha value is -4.05. The summed E-state index contributed by atoms with van der Waals surface area (Å²) >= 11 is 0. The van der Waals surface area contributed by atoms with Crippen LogP contribution in [0.2, 0.25) is 0 Å². The Labute approximate surface area is 213 Å². The first-order chi connectivity index (χ1) is 18.1. The van der Waals surface area contributed by atoms with E-state index < -0.39 is 6.09 Å². The van der Waals surface area contributed by atoms with Crippen molar-refractivity contribution in [3.63, 3.8) is 0 Å². The fourth-order valence-electron chi connectivity index (χ4n) is 5.12. The molecule has 0 N–H and O–H groups in total. The number of methoxy groups -OCH3 is 1. The molecule has 2 aromatic rings. The molecular weight excluding hydrogens is 476 g/mol. The van der Waals surface area contributed by atoms with E-state index in [1.54, 1.807) is 17.9 Å². The molecular formula is C27H28N4O6. The molecule has 37 heavy (non-hydrogen) atoms. The fourth-order valence-corrected chi connectivity index (χ4v) is 5.12. The summed E-state index contributed by atoms with van der Waals surface area (Å²) < 4.78 is 24.2. The molecule has 0 bridgehead atoms. The van der Waals surface area contributed by atoms with Crippen molar-refractivity contribution in [2.24, 2.45) is 5.92 Å². The number of aromatic nitrogens is 2. The number of allylic oxidation sites excluding steroid dienone is 4. The number of hydrogen-bond acceptors (Lipinski definition) is 8. The zero-order valence-electron chi connectivity index (χ0n) is 20.5. The van der Waals surface area contributed by atoms with E-state index in [9.17, 15) is 9.59 Å². The second kappa shape index (κ2) is 9.78. The van der Waals surface area contributed by atoms with Crippen LogP contribution in [0.5, 0.6) is 5.75 Å². The summed E-state index contributed by atoms with van der Waals surface area (Å²) in [6.07, 6.45) is 11.5. The Morgan fingerprint density at radius 3 is 2.84 bits per heavy atom. The van der Waals surface area contributed by atoms with Crippen LogP contribution in [0, 0.1) is 5.92 Å². The molecule has 192 valence electrons. The average Bonchev–Trinajstić information content (AvgIpc) is 3.28. The lowest BCUT2D eigenvalue weighted by atomic mass is 9.99. The number of fused-ring (bicyclic) bond motifs is 1. The molecule has 2 saturated heterocycles. The van der Waals surface area contributed by atoms with Gasteiger partial charge in [0.15, 0.2) is 12.0 Å². The van der Waals surface area contributed by atoms with Crippen molar-refractivity contribution < 1.29 is 23.7 Å². The van der Waals surface area contributed by atoms with Gasteiger partial charge >= 0.3 is 6.09 Å². The number of hydrogen-bond donors (Lipinski definition) is 0. The van der Waals surface area contributed by atoms with Crippen LogP contribution in [0.25, 0.3) is 11.0 Å². The van der Waals surface area contributed by atoms with Crippen LogP contribution in [0.4, 0.5) is 4.79 Å². The molecule has 0 spiro atoms. The summed E-state index contributed by atoms with van der Waals surface area (Å²) in [5, 5.41) is 0. The van der Waals surface area contributed by atoms with Gasteiger partial charge in [0.25, 0.3) is 5.56 Å². The van der Waals surface area contributed by atoms with Gasteiger partial charge < -0.3 is 23.5 Å². The predicted molar refractivity (Wildman–Crippen MR) is 134 cm³/mol. The average molecular weight is 505 g/mol. The van der Waals surface area contributed by atoms with Crippen LogP contribution < -0.4 is 10.3 Å². The van der Waals surface area contributed by atoms with Crippen LogP contribution >= 0.6 is 0 Å². The molecule has 0 saturated carbocycles. The smallest absolute Gasteiger partial charge is 0.417 e. The molecule has 2 fully saturated rings. The van der Waals surface area contributed by atoms with Crippen molar-refractivity contribution in [2.75, 3.05) is 33.3 Å². The zero-order chi connectivity index (χ0) is 25.4. The molecule has 1 aromatic heterocycles. The van der Waals surface area contributed by atoms with Gasteiger partial charge in [-0.15, -0.1) is 0 Å². The molecule has 1 aliphatic carbocycles. The van der Waals surface area contributed by atoms with Crippen molar-refractivity contribution in [3.05, 3.63) is 82.7 Å². The maximum absolute atomic E-state index is 12.6. The lowest BCUT2D eigenvalue weighted by Crippen LogP contribution is -2.52. The molecule has 0 unspecified atom stereocenters. The summed E-state index contributed by atoms with van der Waals surface area (Å²) in [7, 11) is 1.60. The third-order valence-corrected chi connectivity index (χ3v) is 7.02. The minimum absolute atomic E-state index is 0.129. The minimum atomic E-state index is -0.445. The highest BCUT2D eigenvalue weighted by atomic mass is 16.6. The van der Waals surface area contributed by atoms with Gasteiger partial charge in [0.2, 0.25) is 5.88 Å². The molecule has 10 heteroatoms. The SMILES string of the molecule is COc1ccc2ncc(=O)n(CC3CN(C[C@@H]4CN(C5=COC=C(C6=CC=CCC6)O5)C(=O)O4)C3)c2c1. The first-order valence-corrected chi connectivity index (χ1v) is 12.4. The Kier molecular flexibility index (Phi) is 6.17. The van der Waals surface area contributed by atoms with Gasteiger partial charge in [-0.25, -0.2) is 14.7 Å². The van der Waals surface area contributed by atoms with E-state index in [2.05, 4.69) is 16.0 Å². The standard InChI is InChI=1S/C27H28N4O6/c1-34-20-7-8-22-23(9-20)30(25(32)10-28-22)13-18-11-29(12-18)14-21-15-31(27(33)36-21)26-17-35-16-24(37-26)19-5-3-2-4-6-19/h2-3,5,7-10,16-18,21H,4,6,11-15H2,1H3/t21-/m1/s1. The highest BCUT2D eigenvalue weighted by molar-refractivity contribution is 5.76. The fraction of sp³-hybridized carbons (Fsp3) is 0.370. The van der Waals surface area contributed by atoms with Crippen LogP contribution in [-0.2, 0) is 20.8 Å². The third kappa shape index (κ3) is 4.72. The Morgan fingerprint density at radius 2 is 2.03 bits per heavy atom. The van der Waals surface area contributed by atoms with Crippen molar-refractivity contribution in [1.29, 1.82) is 0 Å². The Bertz CT molecular complexity index is 1400. The number of ether oxygens (including phenoxy) is 4. The number of carbonyl (C=O) groups excluding carboxylic acids is 1.